The Kier molecular flexibility index (Phi) is 4.43. The first kappa shape index (κ1) is 18.9. The second-order valence-electron chi connectivity index (χ2n) is 7.56. The molecule has 0 bridgehead atoms. The highest BCUT2D eigenvalue weighted by Gasteiger charge is 2.32. The standard InChI is InChI=1S/C20H24N4O3S/c1-13-16-7-5-6-8-19(16)24-18(13)10-9-15(20(24)25)11-17-14(2)23(12-21-17)28(26,27)22(3)4/h5-8,12,15H,9-11H2,1-4H3. The summed E-state index contributed by atoms with van der Waals surface area (Å²) in [6.07, 6.45) is 3.33. The van der Waals surface area contributed by atoms with Crippen molar-refractivity contribution < 1.29 is 13.2 Å². The van der Waals surface area contributed by atoms with Gasteiger partial charge in [-0.05, 0) is 38.3 Å². The molecule has 0 aliphatic carbocycles. The van der Waals surface area contributed by atoms with Crippen LogP contribution in [0.15, 0.2) is 30.6 Å². The molecule has 28 heavy (non-hydrogen) atoms. The van der Waals surface area contributed by atoms with E-state index in [1.807, 2.05) is 22.8 Å². The van der Waals surface area contributed by atoms with Crippen LogP contribution in [0.25, 0.3) is 10.9 Å². The molecule has 1 unspecified atom stereocenters. The largest absolute Gasteiger partial charge is 0.308 e. The van der Waals surface area contributed by atoms with E-state index in [1.165, 1.54) is 30.0 Å². The number of aromatic nitrogens is 3. The SMILES string of the molecule is Cc1c2n(c3ccccc13)C(=O)C(Cc1ncn(S(=O)(=O)N(C)C)c1C)CC2. The van der Waals surface area contributed by atoms with Gasteiger partial charge in [-0.25, -0.2) is 8.96 Å². The van der Waals surface area contributed by atoms with Crippen molar-refractivity contribution in [3.8, 4) is 0 Å². The number of benzene rings is 1. The summed E-state index contributed by atoms with van der Waals surface area (Å²) < 4.78 is 29.0. The van der Waals surface area contributed by atoms with E-state index in [2.05, 4.69) is 18.0 Å². The van der Waals surface area contributed by atoms with Crippen molar-refractivity contribution in [2.75, 3.05) is 14.1 Å². The zero-order valence-electron chi connectivity index (χ0n) is 16.5. The van der Waals surface area contributed by atoms with Crippen LogP contribution in [-0.4, -0.2) is 46.2 Å². The molecule has 1 atom stereocenters. The van der Waals surface area contributed by atoms with E-state index in [4.69, 9.17) is 0 Å². The van der Waals surface area contributed by atoms with E-state index in [0.29, 0.717) is 17.8 Å². The highest BCUT2D eigenvalue weighted by molar-refractivity contribution is 7.87. The first-order valence-corrected chi connectivity index (χ1v) is 10.7. The van der Waals surface area contributed by atoms with Gasteiger partial charge in [-0.1, -0.05) is 18.2 Å². The summed E-state index contributed by atoms with van der Waals surface area (Å²) in [4.78, 5) is 17.6. The van der Waals surface area contributed by atoms with Crippen LogP contribution in [0, 0.1) is 19.8 Å². The zero-order valence-corrected chi connectivity index (χ0v) is 17.3. The third kappa shape index (κ3) is 2.70. The predicted molar refractivity (Wildman–Crippen MR) is 108 cm³/mol. The van der Waals surface area contributed by atoms with Crippen LogP contribution in [-0.2, 0) is 23.1 Å². The van der Waals surface area contributed by atoms with Crippen molar-refractivity contribution in [1.82, 2.24) is 17.8 Å². The molecule has 0 fully saturated rings. The van der Waals surface area contributed by atoms with Gasteiger partial charge < -0.3 is 0 Å². The summed E-state index contributed by atoms with van der Waals surface area (Å²) in [6.45, 7) is 3.80. The minimum absolute atomic E-state index is 0.0648. The molecular formula is C20H24N4O3S. The highest BCUT2D eigenvalue weighted by atomic mass is 32.2. The summed E-state index contributed by atoms with van der Waals surface area (Å²) in [5, 5.41) is 1.11. The second kappa shape index (κ2) is 6.56. The van der Waals surface area contributed by atoms with Gasteiger partial charge in [0.1, 0.15) is 6.33 Å². The van der Waals surface area contributed by atoms with E-state index in [1.54, 1.807) is 6.92 Å². The van der Waals surface area contributed by atoms with Crippen LogP contribution in [0.3, 0.4) is 0 Å². The molecule has 0 amide bonds. The fourth-order valence-corrected chi connectivity index (χ4v) is 5.05. The molecule has 0 spiro atoms. The number of carbonyl (C=O) groups is 1. The second-order valence-corrected chi connectivity index (χ2v) is 9.58. The van der Waals surface area contributed by atoms with Crippen LogP contribution < -0.4 is 0 Å². The Morgan fingerprint density at radius 1 is 1.21 bits per heavy atom. The van der Waals surface area contributed by atoms with Crippen LogP contribution >= 0.6 is 0 Å². The van der Waals surface area contributed by atoms with Gasteiger partial charge in [0.05, 0.1) is 16.9 Å². The van der Waals surface area contributed by atoms with Crippen LogP contribution in [0.4, 0.5) is 0 Å². The minimum Gasteiger partial charge on any atom is -0.284 e. The van der Waals surface area contributed by atoms with Gasteiger partial charge in [-0.3, -0.25) is 9.36 Å². The van der Waals surface area contributed by atoms with Gasteiger partial charge in [-0.15, -0.1) is 0 Å². The fourth-order valence-electron chi connectivity index (χ4n) is 4.08. The fraction of sp³-hybridized carbons (Fsp3) is 0.400. The highest BCUT2D eigenvalue weighted by Crippen LogP contribution is 2.33. The maximum absolute atomic E-state index is 13.3. The predicted octanol–water partition coefficient (Wildman–Crippen LogP) is 2.55. The summed E-state index contributed by atoms with van der Waals surface area (Å²) in [5.74, 6) is -0.151. The van der Waals surface area contributed by atoms with Gasteiger partial charge in [0.15, 0.2) is 0 Å². The maximum Gasteiger partial charge on any atom is 0.308 e. The average molecular weight is 401 g/mol. The molecule has 1 aliphatic heterocycles. The Labute approximate surface area is 164 Å². The van der Waals surface area contributed by atoms with Crippen molar-refractivity contribution in [2.24, 2.45) is 5.92 Å². The average Bonchev–Trinajstić information content (AvgIpc) is 3.17. The van der Waals surface area contributed by atoms with Gasteiger partial charge in [0.25, 0.3) is 0 Å². The molecule has 4 rings (SSSR count). The van der Waals surface area contributed by atoms with Crippen LogP contribution in [0.1, 0.15) is 33.9 Å². The van der Waals surface area contributed by atoms with E-state index >= 15 is 0 Å². The molecule has 148 valence electrons. The Morgan fingerprint density at radius 3 is 2.64 bits per heavy atom. The summed E-state index contributed by atoms with van der Waals surface area (Å²) in [7, 11) is -0.645. The number of hydrogen-bond acceptors (Lipinski definition) is 4. The lowest BCUT2D eigenvalue weighted by Crippen LogP contribution is -2.31. The molecule has 3 aromatic rings. The third-order valence-electron chi connectivity index (χ3n) is 5.77. The quantitative estimate of drug-likeness (QED) is 0.674. The van der Waals surface area contributed by atoms with Crippen molar-refractivity contribution in [3.63, 3.8) is 0 Å². The normalized spacial score (nSPS) is 17.5. The molecule has 0 saturated carbocycles. The molecule has 8 heteroatoms. The first-order chi connectivity index (χ1) is 13.2. The lowest BCUT2D eigenvalue weighted by atomic mass is 9.91. The number of fused-ring (bicyclic) bond motifs is 3. The van der Waals surface area contributed by atoms with Crippen LogP contribution in [0.2, 0.25) is 0 Å². The Balaban J connectivity index is 1.68. The number of hydrogen-bond donors (Lipinski definition) is 0. The van der Waals surface area contributed by atoms with Crippen LogP contribution in [0.5, 0.6) is 0 Å². The zero-order chi connectivity index (χ0) is 20.2. The Morgan fingerprint density at radius 2 is 1.93 bits per heavy atom. The molecular weight excluding hydrogens is 376 g/mol. The monoisotopic (exact) mass is 400 g/mol. The summed E-state index contributed by atoms with van der Waals surface area (Å²) in [6, 6.07) is 7.97. The summed E-state index contributed by atoms with van der Waals surface area (Å²) >= 11 is 0. The third-order valence-corrected chi connectivity index (χ3v) is 7.56. The number of rotatable bonds is 4. The Bertz CT molecular complexity index is 1190. The molecule has 3 heterocycles. The van der Waals surface area contributed by atoms with E-state index in [9.17, 15) is 13.2 Å². The van der Waals surface area contributed by atoms with Crippen molar-refractivity contribution >= 4 is 27.0 Å². The van der Waals surface area contributed by atoms with Crippen molar-refractivity contribution in [1.29, 1.82) is 0 Å². The molecule has 7 nitrogen and oxygen atoms in total. The Hall–Kier alpha value is -2.45. The van der Waals surface area contributed by atoms with Crippen molar-refractivity contribution in [3.05, 3.63) is 53.2 Å². The van der Waals surface area contributed by atoms with Crippen molar-refractivity contribution in [2.45, 2.75) is 33.1 Å². The maximum atomic E-state index is 13.3. The van der Waals surface area contributed by atoms with Gasteiger partial charge >= 0.3 is 10.2 Å². The molecule has 0 saturated heterocycles. The van der Waals surface area contributed by atoms with Gasteiger partial charge in [0.2, 0.25) is 5.91 Å². The smallest absolute Gasteiger partial charge is 0.284 e. The topological polar surface area (TPSA) is 77.2 Å². The number of carbonyl (C=O) groups excluding carboxylic acids is 1. The number of nitrogens with zero attached hydrogens (tertiary/aromatic N) is 4. The lowest BCUT2D eigenvalue weighted by molar-refractivity contribution is 0.0808. The van der Waals surface area contributed by atoms with E-state index in [-0.39, 0.29) is 11.8 Å². The van der Waals surface area contributed by atoms with Gasteiger partial charge in [0, 0.05) is 37.5 Å². The van der Waals surface area contributed by atoms with E-state index in [0.717, 1.165) is 33.7 Å². The number of aryl methyl sites for hydroxylation is 1. The molecule has 2 aromatic heterocycles. The molecule has 1 aromatic carbocycles. The number of imidazole rings is 1. The first-order valence-electron chi connectivity index (χ1n) is 9.32. The lowest BCUT2D eigenvalue weighted by Gasteiger charge is -2.24. The van der Waals surface area contributed by atoms with E-state index < -0.39 is 10.2 Å². The molecule has 1 aliphatic rings. The summed E-state index contributed by atoms with van der Waals surface area (Å²) in [5.41, 5.74) is 4.41. The minimum atomic E-state index is -3.62. The van der Waals surface area contributed by atoms with Gasteiger partial charge in [-0.2, -0.15) is 12.7 Å². The molecule has 0 N–H and O–H groups in total. The molecule has 0 radical (unpaired) electrons. The number of para-hydroxylation sites is 1.